The van der Waals surface area contributed by atoms with E-state index in [1.165, 1.54) is 0 Å². The molecular formula is C22H17N5. The molecule has 0 atom stereocenters. The number of fused-ring (bicyclic) bond motifs is 2. The Kier molecular flexibility index (Phi) is 3.57. The lowest BCUT2D eigenvalue weighted by molar-refractivity contribution is 1.14. The predicted molar refractivity (Wildman–Crippen MR) is 109 cm³/mol. The first-order chi connectivity index (χ1) is 13.3. The molecular weight excluding hydrogens is 334 g/mol. The number of anilines is 2. The number of aromatic nitrogens is 4. The Morgan fingerprint density at radius 1 is 0.852 bits per heavy atom. The highest BCUT2D eigenvalue weighted by atomic mass is 15.0. The average molecular weight is 351 g/mol. The maximum Gasteiger partial charge on any atom is 0.180 e. The van der Waals surface area contributed by atoms with E-state index >= 15 is 0 Å². The highest BCUT2D eigenvalue weighted by Crippen LogP contribution is 2.28. The van der Waals surface area contributed by atoms with Crippen LogP contribution in [0.2, 0.25) is 0 Å². The summed E-state index contributed by atoms with van der Waals surface area (Å²) in [5.41, 5.74) is 4.68. The number of nitrogens with zero attached hydrogens (tertiary/aromatic N) is 3. The lowest BCUT2D eigenvalue weighted by atomic mass is 10.2. The summed E-state index contributed by atoms with van der Waals surface area (Å²) in [7, 11) is 0. The monoisotopic (exact) mass is 351 g/mol. The summed E-state index contributed by atoms with van der Waals surface area (Å²) in [4.78, 5) is 17.3. The van der Waals surface area contributed by atoms with Crippen LogP contribution in [0.4, 0.5) is 11.5 Å². The lowest BCUT2D eigenvalue weighted by Crippen LogP contribution is -2.00. The molecule has 0 fully saturated rings. The highest BCUT2D eigenvalue weighted by Gasteiger charge is 2.11. The first-order valence-corrected chi connectivity index (χ1v) is 8.81. The molecule has 130 valence electrons. The van der Waals surface area contributed by atoms with Gasteiger partial charge in [-0.25, -0.2) is 15.0 Å². The molecule has 5 nitrogen and oxygen atoms in total. The summed E-state index contributed by atoms with van der Waals surface area (Å²) >= 11 is 0. The van der Waals surface area contributed by atoms with E-state index < -0.39 is 0 Å². The molecule has 2 N–H and O–H groups in total. The van der Waals surface area contributed by atoms with Crippen molar-refractivity contribution in [2.45, 2.75) is 6.92 Å². The summed E-state index contributed by atoms with van der Waals surface area (Å²) in [5, 5.41) is 5.59. The van der Waals surface area contributed by atoms with Crippen LogP contribution >= 0.6 is 0 Å². The number of H-pyrrole nitrogens is 1. The maximum absolute atomic E-state index is 4.78. The Hall–Kier alpha value is -3.73. The molecule has 0 amide bonds. The van der Waals surface area contributed by atoms with Crippen molar-refractivity contribution in [2.24, 2.45) is 0 Å². The average Bonchev–Trinajstić information content (AvgIpc) is 3.16. The number of aromatic amines is 1. The lowest BCUT2D eigenvalue weighted by Gasteiger charge is -2.11. The number of rotatable bonds is 3. The summed E-state index contributed by atoms with van der Waals surface area (Å²) in [6.45, 7) is 1.97. The zero-order valence-electron chi connectivity index (χ0n) is 14.8. The summed E-state index contributed by atoms with van der Waals surface area (Å²) < 4.78 is 0. The molecule has 0 unspecified atom stereocenters. The summed E-state index contributed by atoms with van der Waals surface area (Å²) in [6, 6.07) is 22.1. The van der Waals surface area contributed by atoms with Gasteiger partial charge in [0.1, 0.15) is 11.5 Å². The smallest absolute Gasteiger partial charge is 0.180 e. The topological polar surface area (TPSA) is 66.5 Å². The minimum atomic E-state index is 0.614. The van der Waals surface area contributed by atoms with Crippen molar-refractivity contribution < 1.29 is 0 Å². The van der Waals surface area contributed by atoms with Gasteiger partial charge in [0, 0.05) is 33.9 Å². The molecule has 2 aromatic carbocycles. The van der Waals surface area contributed by atoms with Crippen molar-refractivity contribution in [1.29, 1.82) is 0 Å². The van der Waals surface area contributed by atoms with E-state index in [1.807, 2.05) is 61.7 Å². The van der Waals surface area contributed by atoms with Gasteiger partial charge in [-0.15, -0.1) is 0 Å². The van der Waals surface area contributed by atoms with Gasteiger partial charge in [0.05, 0.1) is 5.52 Å². The molecule has 5 heteroatoms. The molecule has 0 aliphatic carbocycles. The van der Waals surface area contributed by atoms with Crippen molar-refractivity contribution >= 4 is 33.3 Å². The van der Waals surface area contributed by atoms with Crippen LogP contribution in [0.25, 0.3) is 33.3 Å². The molecule has 0 aliphatic heterocycles. The van der Waals surface area contributed by atoms with E-state index in [4.69, 9.17) is 9.97 Å². The molecule has 0 bridgehead atoms. The van der Waals surface area contributed by atoms with Crippen LogP contribution in [0, 0.1) is 6.92 Å². The number of nitrogens with one attached hydrogen (secondary N) is 2. The van der Waals surface area contributed by atoms with Crippen LogP contribution < -0.4 is 5.32 Å². The number of pyridine rings is 1. The number of hydrogen-bond donors (Lipinski definition) is 2. The molecule has 27 heavy (non-hydrogen) atoms. The quantitative estimate of drug-likeness (QED) is 0.467. The molecule has 0 saturated heterocycles. The van der Waals surface area contributed by atoms with Crippen LogP contribution in [0.3, 0.4) is 0 Å². The zero-order valence-corrected chi connectivity index (χ0v) is 14.8. The first kappa shape index (κ1) is 15.5. The largest absolute Gasteiger partial charge is 0.361 e. The molecule has 0 radical (unpaired) electrons. The molecule has 5 rings (SSSR count). The second kappa shape index (κ2) is 6.21. The third-order valence-electron chi connectivity index (χ3n) is 4.54. The molecule has 3 heterocycles. The van der Waals surface area contributed by atoms with Gasteiger partial charge in [-0.3, -0.25) is 0 Å². The Labute approximate surface area is 156 Å². The van der Waals surface area contributed by atoms with Gasteiger partial charge in [-0.1, -0.05) is 18.2 Å². The number of aryl methyl sites for hydroxylation is 1. The minimum Gasteiger partial charge on any atom is -0.361 e. The molecule has 0 aliphatic rings. The van der Waals surface area contributed by atoms with Crippen LogP contribution in [-0.4, -0.2) is 19.9 Å². The Morgan fingerprint density at radius 2 is 1.78 bits per heavy atom. The first-order valence-electron chi connectivity index (χ1n) is 8.81. The van der Waals surface area contributed by atoms with Gasteiger partial charge in [0.25, 0.3) is 0 Å². The van der Waals surface area contributed by atoms with Crippen LogP contribution in [-0.2, 0) is 0 Å². The highest BCUT2D eigenvalue weighted by molar-refractivity contribution is 5.93. The number of para-hydroxylation sites is 1. The van der Waals surface area contributed by atoms with E-state index in [1.54, 1.807) is 0 Å². The third kappa shape index (κ3) is 2.89. The summed E-state index contributed by atoms with van der Waals surface area (Å²) in [5.74, 6) is 1.39. The van der Waals surface area contributed by atoms with Gasteiger partial charge < -0.3 is 10.3 Å². The fraction of sp³-hybridized carbons (Fsp3) is 0.0455. The van der Waals surface area contributed by atoms with Gasteiger partial charge in [0.15, 0.2) is 5.82 Å². The third-order valence-corrected chi connectivity index (χ3v) is 4.54. The fourth-order valence-corrected chi connectivity index (χ4v) is 3.22. The predicted octanol–water partition coefficient (Wildman–Crippen LogP) is 5.23. The van der Waals surface area contributed by atoms with E-state index in [0.29, 0.717) is 5.82 Å². The van der Waals surface area contributed by atoms with Crippen LogP contribution in [0.1, 0.15) is 5.69 Å². The van der Waals surface area contributed by atoms with E-state index in [0.717, 1.165) is 44.7 Å². The Balaban J connectivity index is 1.65. The number of benzene rings is 2. The van der Waals surface area contributed by atoms with Crippen LogP contribution in [0.15, 0.2) is 72.9 Å². The van der Waals surface area contributed by atoms with Crippen LogP contribution in [0.5, 0.6) is 0 Å². The van der Waals surface area contributed by atoms with E-state index in [9.17, 15) is 0 Å². The molecule has 3 aromatic heterocycles. The number of hydrogen-bond acceptors (Lipinski definition) is 4. The molecule has 0 spiro atoms. The Bertz CT molecular complexity index is 1270. The van der Waals surface area contributed by atoms with Crippen molar-refractivity contribution in [1.82, 2.24) is 19.9 Å². The van der Waals surface area contributed by atoms with Crippen molar-refractivity contribution in [3.8, 4) is 11.5 Å². The van der Waals surface area contributed by atoms with E-state index in [2.05, 4.69) is 33.5 Å². The summed E-state index contributed by atoms with van der Waals surface area (Å²) in [6.07, 6.45) is 1.94. The maximum atomic E-state index is 4.78. The van der Waals surface area contributed by atoms with Crippen molar-refractivity contribution in [3.63, 3.8) is 0 Å². The van der Waals surface area contributed by atoms with Gasteiger partial charge >= 0.3 is 0 Å². The van der Waals surface area contributed by atoms with Crippen molar-refractivity contribution in [2.75, 3.05) is 5.32 Å². The van der Waals surface area contributed by atoms with Gasteiger partial charge in [0.2, 0.25) is 0 Å². The molecule has 0 saturated carbocycles. The Morgan fingerprint density at radius 3 is 2.70 bits per heavy atom. The molecule has 5 aromatic rings. The zero-order chi connectivity index (χ0) is 18.2. The normalized spacial score (nSPS) is 11.1. The van der Waals surface area contributed by atoms with Gasteiger partial charge in [-0.05, 0) is 55.5 Å². The standard InChI is InChI=1S/C22H17N5/c1-14-5-4-8-20(24-14)22-26-19-7-3-2-6-17(19)21(27-22)25-16-9-10-18-15(13-16)11-12-23-18/h2-13,23H,1H3,(H,25,26,27). The fourth-order valence-electron chi connectivity index (χ4n) is 3.22. The minimum absolute atomic E-state index is 0.614. The van der Waals surface area contributed by atoms with Crippen molar-refractivity contribution in [3.05, 3.63) is 78.6 Å². The van der Waals surface area contributed by atoms with E-state index in [-0.39, 0.29) is 0 Å². The van der Waals surface area contributed by atoms with Gasteiger partial charge in [-0.2, -0.15) is 0 Å². The SMILES string of the molecule is Cc1cccc(-c2nc(Nc3ccc4[nH]ccc4c3)c3ccccc3n2)n1. The second-order valence-electron chi connectivity index (χ2n) is 6.48. The second-order valence-corrected chi connectivity index (χ2v) is 6.48.